The molecule has 0 unspecified atom stereocenters. The summed E-state index contributed by atoms with van der Waals surface area (Å²) in [7, 11) is 0. The van der Waals surface area contributed by atoms with Crippen LogP contribution in [0.5, 0.6) is 5.75 Å². The second-order valence-corrected chi connectivity index (χ2v) is 9.86. The van der Waals surface area contributed by atoms with Crippen LogP contribution in [0.2, 0.25) is 0 Å². The molecule has 0 saturated heterocycles. The lowest BCUT2D eigenvalue weighted by Gasteiger charge is -2.31. The minimum atomic E-state index is -4.91. The molecule has 0 amide bonds. The van der Waals surface area contributed by atoms with E-state index in [4.69, 9.17) is 0 Å². The lowest BCUT2D eigenvalue weighted by molar-refractivity contribution is -0.275. The number of allylic oxidation sites excluding steroid dienone is 2. The molecular formula is C28H36F4O. The quantitative estimate of drug-likeness (QED) is 0.289. The number of rotatable bonds is 7. The summed E-state index contributed by atoms with van der Waals surface area (Å²) in [4.78, 5) is 0. The predicted molar refractivity (Wildman–Crippen MR) is 124 cm³/mol. The molecule has 2 saturated carbocycles. The van der Waals surface area contributed by atoms with Crippen LogP contribution in [0.3, 0.4) is 0 Å². The molecule has 0 spiro atoms. The van der Waals surface area contributed by atoms with E-state index < -0.39 is 17.9 Å². The van der Waals surface area contributed by atoms with Crippen molar-refractivity contribution < 1.29 is 22.3 Å². The maximum atomic E-state index is 13.7. The van der Waals surface area contributed by atoms with Crippen molar-refractivity contribution in [2.24, 2.45) is 23.7 Å². The van der Waals surface area contributed by atoms with Gasteiger partial charge in [0.05, 0.1) is 0 Å². The van der Waals surface area contributed by atoms with Crippen molar-refractivity contribution in [1.82, 2.24) is 0 Å². The molecule has 2 aliphatic rings. The molecule has 0 N–H and O–H groups in total. The molecule has 0 aliphatic heterocycles. The normalized spacial score (nSPS) is 26.1. The van der Waals surface area contributed by atoms with Crippen LogP contribution in [0.15, 0.2) is 30.4 Å². The van der Waals surface area contributed by atoms with E-state index in [1.807, 2.05) is 0 Å². The van der Waals surface area contributed by atoms with Crippen molar-refractivity contribution in [3.63, 3.8) is 0 Å². The number of alkyl halides is 3. The van der Waals surface area contributed by atoms with Gasteiger partial charge in [-0.05, 0) is 73.6 Å². The van der Waals surface area contributed by atoms with Gasteiger partial charge in [-0.1, -0.05) is 76.2 Å². The summed E-state index contributed by atoms with van der Waals surface area (Å²) < 4.78 is 54.0. The lowest BCUT2D eigenvalue weighted by Crippen LogP contribution is -2.17. The van der Waals surface area contributed by atoms with Gasteiger partial charge in [-0.25, -0.2) is 4.39 Å². The summed E-state index contributed by atoms with van der Waals surface area (Å²) in [5, 5.41) is 0. The molecular weight excluding hydrogens is 428 g/mol. The molecule has 1 aromatic rings. The molecule has 0 bridgehead atoms. The van der Waals surface area contributed by atoms with Crippen LogP contribution in [0.25, 0.3) is 0 Å². The van der Waals surface area contributed by atoms with Crippen LogP contribution < -0.4 is 4.74 Å². The summed E-state index contributed by atoms with van der Waals surface area (Å²) in [6, 6.07) is 3.24. The fraction of sp³-hybridized carbons (Fsp3) is 0.643. The fourth-order valence-electron chi connectivity index (χ4n) is 5.45. The number of hydrogen-bond acceptors (Lipinski definition) is 1. The number of benzene rings is 1. The molecule has 2 aliphatic carbocycles. The van der Waals surface area contributed by atoms with Gasteiger partial charge < -0.3 is 4.74 Å². The Labute approximate surface area is 196 Å². The highest BCUT2D eigenvalue weighted by molar-refractivity contribution is 5.41. The second-order valence-electron chi connectivity index (χ2n) is 9.86. The van der Waals surface area contributed by atoms with Crippen LogP contribution in [-0.4, -0.2) is 6.36 Å². The van der Waals surface area contributed by atoms with Crippen molar-refractivity contribution in [1.29, 1.82) is 0 Å². The summed E-state index contributed by atoms with van der Waals surface area (Å²) in [6.07, 6.45) is 15.2. The summed E-state index contributed by atoms with van der Waals surface area (Å²) >= 11 is 0. The largest absolute Gasteiger partial charge is 0.573 e. The van der Waals surface area contributed by atoms with E-state index >= 15 is 0 Å². The smallest absolute Gasteiger partial charge is 0.403 e. The molecule has 0 radical (unpaired) electrons. The Bertz CT molecular complexity index is 817. The third kappa shape index (κ3) is 9.07. The van der Waals surface area contributed by atoms with E-state index in [-0.39, 0.29) is 0 Å². The Morgan fingerprint density at radius 3 is 2.03 bits per heavy atom. The average Bonchev–Trinajstić information content (AvgIpc) is 2.78. The molecule has 3 rings (SSSR count). The molecule has 1 aromatic carbocycles. The first-order valence-corrected chi connectivity index (χ1v) is 12.6. The monoisotopic (exact) mass is 464 g/mol. The standard InChI is InChI=1S/C28H36F4O/c1-2-5-21-8-12-23(13-9-21)16-17-24-14-10-22(11-15-24)6-3-4-7-25-18-19-27(26(29)20-25)33-28(30,31)32/h3,6,18-24H,2,5,8-17H2,1H3/t21-,22-,23-,24-. The minimum absolute atomic E-state index is 0.319. The van der Waals surface area contributed by atoms with Crippen molar-refractivity contribution in [3.05, 3.63) is 41.7 Å². The summed E-state index contributed by atoms with van der Waals surface area (Å²) in [5.74, 6) is 7.05. The third-order valence-electron chi connectivity index (χ3n) is 7.36. The van der Waals surface area contributed by atoms with E-state index in [0.29, 0.717) is 11.5 Å². The second kappa shape index (κ2) is 12.5. The van der Waals surface area contributed by atoms with Crippen LogP contribution in [0.1, 0.15) is 89.5 Å². The number of hydrogen-bond donors (Lipinski definition) is 0. The zero-order valence-corrected chi connectivity index (χ0v) is 19.6. The van der Waals surface area contributed by atoms with Crippen molar-refractivity contribution >= 4 is 0 Å². The lowest BCUT2D eigenvalue weighted by atomic mass is 9.75. The number of ether oxygens (including phenoxy) is 1. The zero-order valence-electron chi connectivity index (χ0n) is 19.6. The van der Waals surface area contributed by atoms with Crippen LogP contribution in [-0.2, 0) is 0 Å². The van der Waals surface area contributed by atoms with E-state index in [0.717, 1.165) is 29.9 Å². The van der Waals surface area contributed by atoms with Gasteiger partial charge in [-0.2, -0.15) is 0 Å². The molecule has 0 atom stereocenters. The van der Waals surface area contributed by atoms with Crippen molar-refractivity contribution in [3.8, 4) is 17.6 Å². The Balaban J connectivity index is 1.36. The van der Waals surface area contributed by atoms with Crippen molar-refractivity contribution in [2.45, 2.75) is 90.3 Å². The van der Waals surface area contributed by atoms with Gasteiger partial charge in [0.15, 0.2) is 11.6 Å². The highest BCUT2D eigenvalue weighted by Gasteiger charge is 2.32. The Morgan fingerprint density at radius 1 is 0.909 bits per heavy atom. The zero-order chi connectivity index (χ0) is 23.7. The van der Waals surface area contributed by atoms with Gasteiger partial charge >= 0.3 is 6.36 Å². The van der Waals surface area contributed by atoms with Gasteiger partial charge in [-0.15, -0.1) is 13.2 Å². The molecule has 0 heterocycles. The van der Waals surface area contributed by atoms with Crippen LogP contribution >= 0.6 is 0 Å². The van der Waals surface area contributed by atoms with E-state index in [2.05, 4.69) is 29.6 Å². The topological polar surface area (TPSA) is 9.23 Å². The SMILES string of the molecule is CCC[C@H]1CC[C@H](CC[C@H]2CC[C@H](C=CC#Cc3ccc(OC(F)(F)F)c(F)c3)CC2)CC1. The first kappa shape index (κ1) is 25.7. The molecule has 182 valence electrons. The van der Waals surface area contributed by atoms with Gasteiger partial charge in [0.2, 0.25) is 0 Å². The average molecular weight is 465 g/mol. The molecule has 1 nitrogen and oxygen atoms in total. The maximum Gasteiger partial charge on any atom is 0.573 e. The predicted octanol–water partition coefficient (Wildman–Crippen LogP) is 8.83. The highest BCUT2D eigenvalue weighted by Crippen LogP contribution is 2.37. The molecule has 33 heavy (non-hydrogen) atoms. The van der Waals surface area contributed by atoms with Gasteiger partial charge in [0.25, 0.3) is 0 Å². The molecule has 5 heteroatoms. The fourth-order valence-corrected chi connectivity index (χ4v) is 5.45. The first-order chi connectivity index (χ1) is 15.8. The summed E-state index contributed by atoms with van der Waals surface area (Å²) in [6.45, 7) is 2.30. The Morgan fingerprint density at radius 2 is 1.48 bits per heavy atom. The van der Waals surface area contributed by atoms with Gasteiger partial charge in [0, 0.05) is 5.56 Å². The van der Waals surface area contributed by atoms with E-state index in [9.17, 15) is 17.6 Å². The van der Waals surface area contributed by atoms with Crippen LogP contribution in [0.4, 0.5) is 17.6 Å². The number of halogens is 4. The van der Waals surface area contributed by atoms with E-state index in [1.54, 1.807) is 6.08 Å². The van der Waals surface area contributed by atoms with Crippen molar-refractivity contribution in [2.75, 3.05) is 0 Å². The maximum absolute atomic E-state index is 13.7. The highest BCUT2D eigenvalue weighted by atomic mass is 19.4. The van der Waals surface area contributed by atoms with E-state index in [1.165, 1.54) is 83.1 Å². The third-order valence-corrected chi connectivity index (χ3v) is 7.36. The Kier molecular flexibility index (Phi) is 9.71. The molecule has 0 aromatic heterocycles. The summed E-state index contributed by atoms with van der Waals surface area (Å²) in [5.41, 5.74) is 0.319. The first-order valence-electron chi connectivity index (χ1n) is 12.6. The Hall–Kier alpha value is -1.96. The van der Waals surface area contributed by atoms with Gasteiger partial charge in [0.1, 0.15) is 0 Å². The molecule has 2 fully saturated rings. The van der Waals surface area contributed by atoms with Gasteiger partial charge in [-0.3, -0.25) is 0 Å². The van der Waals surface area contributed by atoms with Crippen LogP contribution in [0, 0.1) is 41.3 Å². The minimum Gasteiger partial charge on any atom is -0.403 e.